The zero-order valence-corrected chi connectivity index (χ0v) is 9.83. The number of benzene rings is 1. The summed E-state index contributed by atoms with van der Waals surface area (Å²) in [7, 11) is 2.00. The van der Waals surface area contributed by atoms with Crippen molar-refractivity contribution in [3.05, 3.63) is 29.8 Å². The highest BCUT2D eigenvalue weighted by atomic mass is 32.2. The van der Waals surface area contributed by atoms with Crippen molar-refractivity contribution in [3.8, 4) is 0 Å². The molecule has 0 fully saturated rings. The molecule has 3 nitrogen and oxygen atoms in total. The summed E-state index contributed by atoms with van der Waals surface area (Å²) in [5, 5.41) is -0.120. The minimum Gasteiger partial charge on any atom is -0.360 e. The van der Waals surface area contributed by atoms with E-state index in [9.17, 15) is 4.79 Å². The number of nitrogens with zero attached hydrogens (tertiary/aromatic N) is 2. The number of fused-ring (bicyclic) bond motifs is 1. The summed E-state index contributed by atoms with van der Waals surface area (Å²) in [6.07, 6.45) is 0. The molecule has 1 atom stereocenters. The topological polar surface area (TPSA) is 32.7 Å². The highest BCUT2D eigenvalue weighted by Crippen LogP contribution is 2.38. The van der Waals surface area contributed by atoms with Crippen LogP contribution in [0.1, 0.15) is 10.4 Å². The molecule has 0 aliphatic carbocycles. The SMILES string of the molecule is CN1CCN=C1C1Sc2ccccc2C1=O. The molecule has 0 bridgehead atoms. The van der Waals surface area contributed by atoms with E-state index in [1.54, 1.807) is 11.8 Å². The van der Waals surface area contributed by atoms with Gasteiger partial charge in [0.1, 0.15) is 11.1 Å². The lowest BCUT2D eigenvalue weighted by Gasteiger charge is -2.17. The van der Waals surface area contributed by atoms with Crippen LogP contribution in [-0.4, -0.2) is 41.9 Å². The Kier molecular flexibility index (Phi) is 2.24. The van der Waals surface area contributed by atoms with E-state index in [4.69, 9.17) is 0 Å². The monoisotopic (exact) mass is 232 g/mol. The Morgan fingerprint density at radius 2 is 2.25 bits per heavy atom. The number of ketones is 1. The molecule has 0 spiro atoms. The number of amidine groups is 1. The van der Waals surface area contributed by atoms with Crippen LogP contribution in [0, 0.1) is 0 Å². The van der Waals surface area contributed by atoms with Gasteiger partial charge in [0.15, 0.2) is 5.78 Å². The fourth-order valence-corrected chi connectivity index (χ4v) is 3.40. The molecule has 2 aliphatic rings. The van der Waals surface area contributed by atoms with Crippen LogP contribution in [0.4, 0.5) is 0 Å². The van der Waals surface area contributed by atoms with Crippen molar-refractivity contribution in [1.82, 2.24) is 4.90 Å². The van der Waals surface area contributed by atoms with E-state index in [1.807, 2.05) is 31.3 Å². The molecule has 1 unspecified atom stereocenters. The van der Waals surface area contributed by atoms with Crippen LogP contribution in [0.15, 0.2) is 34.2 Å². The number of hydrogen-bond acceptors (Lipinski definition) is 4. The van der Waals surface area contributed by atoms with Gasteiger partial charge in [0.25, 0.3) is 0 Å². The summed E-state index contributed by atoms with van der Waals surface area (Å²) in [5.41, 5.74) is 0.848. The number of carbonyl (C=O) groups is 1. The molecule has 1 aromatic carbocycles. The highest BCUT2D eigenvalue weighted by molar-refractivity contribution is 8.02. The van der Waals surface area contributed by atoms with Crippen molar-refractivity contribution in [2.75, 3.05) is 20.1 Å². The number of carbonyl (C=O) groups excluding carboxylic acids is 1. The number of hydrogen-bond donors (Lipinski definition) is 0. The lowest BCUT2D eigenvalue weighted by Crippen LogP contribution is -2.34. The van der Waals surface area contributed by atoms with Gasteiger partial charge in [0, 0.05) is 24.1 Å². The molecule has 2 aliphatic heterocycles. The van der Waals surface area contributed by atoms with E-state index < -0.39 is 0 Å². The largest absolute Gasteiger partial charge is 0.360 e. The Bertz CT molecular complexity index is 484. The van der Waals surface area contributed by atoms with Crippen molar-refractivity contribution in [2.45, 2.75) is 10.1 Å². The van der Waals surface area contributed by atoms with Crippen molar-refractivity contribution < 1.29 is 4.79 Å². The molecule has 0 N–H and O–H groups in total. The molecule has 0 saturated heterocycles. The third-order valence-electron chi connectivity index (χ3n) is 2.97. The van der Waals surface area contributed by atoms with Crippen LogP contribution < -0.4 is 0 Å². The number of Topliss-reactive ketones (excluding diaryl/α,β-unsaturated/α-hetero) is 1. The van der Waals surface area contributed by atoms with Gasteiger partial charge in [-0.2, -0.15) is 0 Å². The van der Waals surface area contributed by atoms with E-state index in [-0.39, 0.29) is 11.0 Å². The molecule has 1 aromatic rings. The van der Waals surface area contributed by atoms with E-state index in [1.165, 1.54) is 0 Å². The Morgan fingerprint density at radius 1 is 1.44 bits per heavy atom. The van der Waals surface area contributed by atoms with Crippen molar-refractivity contribution >= 4 is 23.4 Å². The Balaban J connectivity index is 1.96. The van der Waals surface area contributed by atoms with Crippen molar-refractivity contribution in [1.29, 1.82) is 0 Å². The van der Waals surface area contributed by atoms with Gasteiger partial charge in [-0.05, 0) is 6.07 Å². The summed E-state index contributed by atoms with van der Waals surface area (Å²) >= 11 is 1.62. The van der Waals surface area contributed by atoms with Crippen LogP contribution in [0.3, 0.4) is 0 Å². The fraction of sp³-hybridized carbons (Fsp3) is 0.333. The average Bonchev–Trinajstić information content (AvgIpc) is 2.84. The van der Waals surface area contributed by atoms with Crippen molar-refractivity contribution in [2.24, 2.45) is 4.99 Å². The van der Waals surface area contributed by atoms with Gasteiger partial charge < -0.3 is 4.90 Å². The number of thioether (sulfide) groups is 1. The first-order valence-electron chi connectivity index (χ1n) is 5.33. The number of rotatable bonds is 1. The highest BCUT2D eigenvalue weighted by Gasteiger charge is 2.37. The standard InChI is InChI=1S/C12H12N2OS/c1-14-7-6-13-12(14)11-10(15)8-4-2-3-5-9(8)16-11/h2-5,11H,6-7H2,1H3. The summed E-state index contributed by atoms with van der Waals surface area (Å²) in [6, 6.07) is 7.80. The summed E-state index contributed by atoms with van der Waals surface area (Å²) < 4.78 is 0. The van der Waals surface area contributed by atoms with Crippen LogP contribution in [0.5, 0.6) is 0 Å². The van der Waals surface area contributed by atoms with E-state index >= 15 is 0 Å². The summed E-state index contributed by atoms with van der Waals surface area (Å²) in [5.74, 6) is 1.14. The second-order valence-corrected chi connectivity index (χ2v) is 5.17. The second kappa shape index (κ2) is 3.63. The molecule has 0 amide bonds. The third-order valence-corrected chi connectivity index (χ3v) is 4.24. The Hall–Kier alpha value is -1.29. The van der Waals surface area contributed by atoms with Gasteiger partial charge in [0.05, 0.1) is 6.54 Å². The maximum absolute atomic E-state index is 12.2. The van der Waals surface area contributed by atoms with Gasteiger partial charge in [-0.25, -0.2) is 0 Å². The average molecular weight is 232 g/mol. The van der Waals surface area contributed by atoms with E-state index in [0.29, 0.717) is 0 Å². The lowest BCUT2D eigenvalue weighted by atomic mass is 10.1. The predicted molar refractivity (Wildman–Crippen MR) is 65.3 cm³/mol. The van der Waals surface area contributed by atoms with Crippen LogP contribution >= 0.6 is 11.8 Å². The molecule has 16 heavy (non-hydrogen) atoms. The molecule has 0 saturated carbocycles. The molecule has 3 rings (SSSR count). The van der Waals surface area contributed by atoms with Gasteiger partial charge >= 0.3 is 0 Å². The Labute approximate surface area is 98.5 Å². The molecule has 4 heteroatoms. The predicted octanol–water partition coefficient (Wildman–Crippen LogP) is 1.69. The summed E-state index contributed by atoms with van der Waals surface area (Å²) in [6.45, 7) is 1.74. The molecule has 0 aromatic heterocycles. The van der Waals surface area contributed by atoms with Crippen LogP contribution in [0.25, 0.3) is 0 Å². The van der Waals surface area contributed by atoms with E-state index in [2.05, 4.69) is 9.89 Å². The maximum atomic E-state index is 12.2. The van der Waals surface area contributed by atoms with Gasteiger partial charge in [0.2, 0.25) is 0 Å². The minimum absolute atomic E-state index is 0.120. The zero-order valence-electron chi connectivity index (χ0n) is 9.01. The molecule has 2 heterocycles. The van der Waals surface area contributed by atoms with Gasteiger partial charge in [-0.1, -0.05) is 18.2 Å². The zero-order chi connectivity index (χ0) is 11.1. The smallest absolute Gasteiger partial charge is 0.184 e. The minimum atomic E-state index is -0.120. The number of aliphatic imine (C=N–C) groups is 1. The summed E-state index contributed by atoms with van der Waals surface area (Å²) in [4.78, 5) is 19.8. The lowest BCUT2D eigenvalue weighted by molar-refractivity contribution is 0.100. The van der Waals surface area contributed by atoms with Crippen LogP contribution in [0.2, 0.25) is 0 Å². The quantitative estimate of drug-likeness (QED) is 0.738. The second-order valence-electron chi connectivity index (χ2n) is 4.02. The van der Waals surface area contributed by atoms with Gasteiger partial charge in [-0.15, -0.1) is 11.8 Å². The molecule has 0 radical (unpaired) electrons. The van der Waals surface area contributed by atoms with Crippen molar-refractivity contribution in [3.63, 3.8) is 0 Å². The maximum Gasteiger partial charge on any atom is 0.184 e. The van der Waals surface area contributed by atoms with Gasteiger partial charge in [-0.3, -0.25) is 9.79 Å². The first-order chi connectivity index (χ1) is 7.77. The number of likely N-dealkylation sites (N-methyl/N-ethyl adjacent to an activating group) is 1. The van der Waals surface area contributed by atoms with Crippen LogP contribution in [-0.2, 0) is 0 Å². The molecular weight excluding hydrogens is 220 g/mol. The first-order valence-corrected chi connectivity index (χ1v) is 6.21. The Morgan fingerprint density at radius 3 is 2.94 bits per heavy atom. The molecule has 82 valence electrons. The first kappa shape index (κ1) is 9.90. The molecular formula is C12H12N2OS. The third kappa shape index (κ3) is 1.37. The fourth-order valence-electron chi connectivity index (χ4n) is 2.10. The van der Waals surface area contributed by atoms with E-state index in [0.717, 1.165) is 29.4 Å². The normalized spacial score (nSPS) is 23.6.